The van der Waals surface area contributed by atoms with E-state index in [9.17, 15) is 4.79 Å². The van der Waals surface area contributed by atoms with Gasteiger partial charge in [-0.15, -0.1) is 5.10 Å². The molecule has 4 rings (SSSR count). The second-order valence-electron chi connectivity index (χ2n) is 6.74. The van der Waals surface area contributed by atoms with Gasteiger partial charge < -0.3 is 5.32 Å². The quantitative estimate of drug-likeness (QED) is 0.289. The van der Waals surface area contributed by atoms with Crippen LogP contribution in [0.15, 0.2) is 72.1 Å². The van der Waals surface area contributed by atoms with Crippen LogP contribution in [0.2, 0.25) is 10.0 Å². The maximum atomic E-state index is 12.9. The summed E-state index contributed by atoms with van der Waals surface area (Å²) in [6.07, 6.45) is 4.05. The summed E-state index contributed by atoms with van der Waals surface area (Å²) in [6.45, 7) is 0.479. The van der Waals surface area contributed by atoms with Crippen molar-refractivity contribution in [2.75, 3.05) is 6.54 Å². The summed E-state index contributed by atoms with van der Waals surface area (Å²) in [5.74, 6) is 0.0765. The normalized spacial score (nSPS) is 10.8. The van der Waals surface area contributed by atoms with Gasteiger partial charge in [-0.05, 0) is 36.2 Å². The SMILES string of the molecule is O=C(NCCc1ccccc1)c1nnn(-c2cc(Cl)cc(Cl)c2)c1CSc1ncccn1. The fourth-order valence-corrected chi connectivity index (χ4v) is 4.33. The van der Waals surface area contributed by atoms with E-state index in [0.29, 0.717) is 45.3 Å². The number of nitrogens with zero attached hydrogens (tertiary/aromatic N) is 5. The lowest BCUT2D eigenvalue weighted by atomic mass is 10.1. The third kappa shape index (κ3) is 5.64. The third-order valence-electron chi connectivity index (χ3n) is 4.49. The van der Waals surface area contributed by atoms with Gasteiger partial charge in [0, 0.05) is 34.7 Å². The molecule has 0 aliphatic rings. The summed E-state index contributed by atoms with van der Waals surface area (Å²) in [6, 6.07) is 16.8. The lowest BCUT2D eigenvalue weighted by Gasteiger charge is -2.09. The minimum absolute atomic E-state index is 0.234. The summed E-state index contributed by atoms with van der Waals surface area (Å²) in [5.41, 5.74) is 2.58. The van der Waals surface area contributed by atoms with Gasteiger partial charge >= 0.3 is 0 Å². The first kappa shape index (κ1) is 22.3. The molecule has 1 N–H and O–H groups in total. The van der Waals surface area contributed by atoms with E-state index in [2.05, 4.69) is 25.6 Å². The van der Waals surface area contributed by atoms with E-state index in [1.165, 1.54) is 11.8 Å². The zero-order chi connectivity index (χ0) is 22.3. The van der Waals surface area contributed by atoms with Crippen molar-refractivity contribution in [2.45, 2.75) is 17.3 Å². The second-order valence-corrected chi connectivity index (χ2v) is 8.55. The van der Waals surface area contributed by atoms with Crippen LogP contribution in [-0.2, 0) is 12.2 Å². The molecule has 32 heavy (non-hydrogen) atoms. The number of benzene rings is 2. The van der Waals surface area contributed by atoms with Gasteiger partial charge in [0.2, 0.25) is 0 Å². The van der Waals surface area contributed by atoms with Crippen molar-refractivity contribution in [3.05, 3.63) is 94.0 Å². The minimum Gasteiger partial charge on any atom is -0.350 e. The molecular formula is C22H18Cl2N6OS. The van der Waals surface area contributed by atoms with Gasteiger partial charge in [-0.3, -0.25) is 4.79 Å². The molecule has 0 fully saturated rings. The molecule has 0 aliphatic heterocycles. The Morgan fingerprint density at radius 1 is 1.00 bits per heavy atom. The van der Waals surface area contributed by atoms with E-state index in [0.717, 1.165) is 5.56 Å². The fourth-order valence-electron chi connectivity index (χ4n) is 3.02. The van der Waals surface area contributed by atoms with Gasteiger partial charge in [0.15, 0.2) is 10.9 Å². The average molecular weight is 485 g/mol. The monoisotopic (exact) mass is 484 g/mol. The molecule has 0 atom stereocenters. The molecule has 162 valence electrons. The van der Waals surface area contributed by atoms with Crippen LogP contribution in [0.25, 0.3) is 5.69 Å². The molecule has 1 amide bonds. The largest absolute Gasteiger partial charge is 0.350 e. The number of thioether (sulfide) groups is 1. The first-order chi connectivity index (χ1) is 15.6. The Balaban J connectivity index is 1.57. The summed E-state index contributed by atoms with van der Waals surface area (Å²) in [5, 5.41) is 12.8. The van der Waals surface area contributed by atoms with Crippen molar-refractivity contribution >= 4 is 40.9 Å². The van der Waals surface area contributed by atoms with Gasteiger partial charge in [0.05, 0.1) is 11.4 Å². The molecule has 0 saturated carbocycles. The molecule has 2 heterocycles. The molecule has 0 saturated heterocycles. The number of halogens is 2. The summed E-state index contributed by atoms with van der Waals surface area (Å²) in [4.78, 5) is 21.4. The van der Waals surface area contributed by atoms with Gasteiger partial charge in [0.1, 0.15) is 0 Å². The van der Waals surface area contributed by atoms with Crippen LogP contribution >= 0.6 is 35.0 Å². The Kier molecular flexibility index (Phi) is 7.36. The number of aromatic nitrogens is 5. The smallest absolute Gasteiger partial charge is 0.273 e. The van der Waals surface area contributed by atoms with E-state index < -0.39 is 0 Å². The predicted octanol–water partition coefficient (Wildman–Crippen LogP) is 4.63. The second kappa shape index (κ2) is 10.6. The average Bonchev–Trinajstić information content (AvgIpc) is 3.22. The van der Waals surface area contributed by atoms with E-state index in [-0.39, 0.29) is 11.6 Å². The molecule has 0 bridgehead atoms. The molecule has 0 unspecified atom stereocenters. The zero-order valence-electron chi connectivity index (χ0n) is 16.8. The molecule has 0 radical (unpaired) electrons. The number of nitrogens with one attached hydrogen (secondary N) is 1. The molecular weight excluding hydrogens is 467 g/mol. The van der Waals surface area contributed by atoms with Crippen LogP contribution in [0.3, 0.4) is 0 Å². The summed E-state index contributed by atoms with van der Waals surface area (Å²) >= 11 is 13.7. The minimum atomic E-state index is -0.301. The zero-order valence-corrected chi connectivity index (χ0v) is 19.1. The fraction of sp³-hybridized carbons (Fsp3) is 0.136. The van der Waals surface area contributed by atoms with E-state index in [4.69, 9.17) is 23.2 Å². The standard InChI is InChI=1S/C22H18Cl2N6OS/c23-16-11-17(24)13-18(12-16)30-19(14-32-22-26-8-4-9-27-22)20(28-29-30)21(31)25-10-7-15-5-2-1-3-6-15/h1-6,8-9,11-13H,7,10,14H2,(H,25,31). The van der Waals surface area contributed by atoms with Gasteiger partial charge in [0.25, 0.3) is 5.91 Å². The molecule has 2 aromatic carbocycles. The van der Waals surface area contributed by atoms with Crippen molar-refractivity contribution < 1.29 is 4.79 Å². The lowest BCUT2D eigenvalue weighted by Crippen LogP contribution is -2.27. The highest BCUT2D eigenvalue weighted by Gasteiger charge is 2.21. The Morgan fingerprint density at radius 2 is 1.72 bits per heavy atom. The highest BCUT2D eigenvalue weighted by molar-refractivity contribution is 7.98. The molecule has 0 aliphatic carbocycles. The van der Waals surface area contributed by atoms with Crippen molar-refractivity contribution in [1.29, 1.82) is 0 Å². The van der Waals surface area contributed by atoms with Gasteiger partial charge in [-0.1, -0.05) is 70.5 Å². The van der Waals surface area contributed by atoms with Crippen molar-refractivity contribution in [3.63, 3.8) is 0 Å². The Hall–Kier alpha value is -2.94. The molecule has 10 heteroatoms. The highest BCUT2D eigenvalue weighted by atomic mass is 35.5. The molecule has 0 spiro atoms. The third-order valence-corrected chi connectivity index (χ3v) is 5.82. The predicted molar refractivity (Wildman–Crippen MR) is 125 cm³/mol. The van der Waals surface area contributed by atoms with Crippen LogP contribution < -0.4 is 5.32 Å². The maximum Gasteiger partial charge on any atom is 0.273 e. The van der Waals surface area contributed by atoms with Crippen LogP contribution in [0.1, 0.15) is 21.7 Å². The van der Waals surface area contributed by atoms with E-state index in [1.807, 2.05) is 30.3 Å². The number of carbonyl (C=O) groups is 1. The van der Waals surface area contributed by atoms with Crippen LogP contribution in [0.4, 0.5) is 0 Å². The van der Waals surface area contributed by atoms with Crippen molar-refractivity contribution in [2.24, 2.45) is 0 Å². The Labute approximate surface area is 199 Å². The molecule has 2 aromatic heterocycles. The van der Waals surface area contributed by atoms with E-state index >= 15 is 0 Å². The van der Waals surface area contributed by atoms with Crippen LogP contribution in [0.5, 0.6) is 0 Å². The Bertz CT molecular complexity index is 1180. The van der Waals surface area contributed by atoms with Crippen LogP contribution in [0, 0.1) is 0 Å². The van der Waals surface area contributed by atoms with Crippen molar-refractivity contribution in [1.82, 2.24) is 30.3 Å². The topological polar surface area (TPSA) is 85.6 Å². The number of hydrogen-bond donors (Lipinski definition) is 1. The number of hydrogen-bond acceptors (Lipinski definition) is 6. The number of rotatable bonds is 8. The summed E-state index contributed by atoms with van der Waals surface area (Å²) < 4.78 is 1.57. The lowest BCUT2D eigenvalue weighted by molar-refractivity contribution is 0.0948. The van der Waals surface area contributed by atoms with Gasteiger partial charge in [-0.2, -0.15) is 0 Å². The molecule has 4 aromatic rings. The maximum absolute atomic E-state index is 12.9. The molecule has 7 nitrogen and oxygen atoms in total. The Morgan fingerprint density at radius 3 is 2.44 bits per heavy atom. The first-order valence-electron chi connectivity index (χ1n) is 9.73. The first-order valence-corrected chi connectivity index (χ1v) is 11.5. The highest BCUT2D eigenvalue weighted by Crippen LogP contribution is 2.26. The van der Waals surface area contributed by atoms with E-state index in [1.54, 1.807) is 41.3 Å². The van der Waals surface area contributed by atoms with Crippen LogP contribution in [-0.4, -0.2) is 37.4 Å². The van der Waals surface area contributed by atoms with Gasteiger partial charge in [-0.25, -0.2) is 14.6 Å². The van der Waals surface area contributed by atoms with Crippen molar-refractivity contribution in [3.8, 4) is 5.69 Å². The number of amides is 1. The summed E-state index contributed by atoms with van der Waals surface area (Å²) in [7, 11) is 0. The number of carbonyl (C=O) groups excluding carboxylic acids is 1.